The van der Waals surface area contributed by atoms with Gasteiger partial charge in [0.2, 0.25) is 0 Å². The van der Waals surface area contributed by atoms with E-state index in [2.05, 4.69) is 26.5 Å². The van der Waals surface area contributed by atoms with Crippen molar-refractivity contribution < 1.29 is 9.53 Å². The van der Waals surface area contributed by atoms with E-state index in [4.69, 9.17) is 4.74 Å². The Balaban J connectivity index is 1.44. The predicted octanol–water partition coefficient (Wildman–Crippen LogP) is 2.30. The van der Waals surface area contributed by atoms with Crippen LogP contribution in [0, 0.1) is 6.92 Å². The first kappa shape index (κ1) is 16.7. The number of aromatic nitrogens is 2. The lowest BCUT2D eigenvalue weighted by atomic mass is 10.3. The Bertz CT molecular complexity index is 956. The summed E-state index contributed by atoms with van der Waals surface area (Å²) in [6.45, 7) is 5.15. The van der Waals surface area contributed by atoms with Crippen LogP contribution in [0.2, 0.25) is 0 Å². The molecule has 0 spiro atoms. The molecule has 1 N–H and O–H groups in total. The molecule has 0 unspecified atom stereocenters. The van der Waals surface area contributed by atoms with Gasteiger partial charge in [0.1, 0.15) is 11.3 Å². The number of thiophene rings is 1. The van der Waals surface area contributed by atoms with E-state index in [0.717, 1.165) is 36.8 Å². The maximum absolute atomic E-state index is 12.5. The van der Waals surface area contributed by atoms with Crippen LogP contribution in [0.5, 0.6) is 0 Å². The molecule has 0 aromatic carbocycles. The third-order valence-electron chi connectivity index (χ3n) is 4.21. The number of aryl methyl sites for hydroxylation is 1. The minimum absolute atomic E-state index is 0.276. The highest BCUT2D eigenvalue weighted by molar-refractivity contribution is 7.17. The number of carbonyl (C=O) groups excluding carboxylic acids is 1. The summed E-state index contributed by atoms with van der Waals surface area (Å²) in [4.78, 5) is 20.2. The normalized spacial score (nSPS) is 15.0. The van der Waals surface area contributed by atoms with Gasteiger partial charge in [-0.15, -0.1) is 11.3 Å². The molecule has 0 saturated carbocycles. The molecule has 0 atom stereocenters. The standard InChI is InChI=1S/C18H19N5O2S/c1-13-17(23-7-3-2-4-15(23)20-13)18(24)21-19-12-14-5-6-16(26-14)22-8-10-25-11-9-22/h2-7,12H,8-11H2,1H3,(H,21,24)/b19-12-. The zero-order valence-corrected chi connectivity index (χ0v) is 15.2. The topological polar surface area (TPSA) is 71.2 Å². The molecular weight excluding hydrogens is 350 g/mol. The van der Waals surface area contributed by atoms with Gasteiger partial charge in [0, 0.05) is 24.2 Å². The molecule has 4 rings (SSSR count). The SMILES string of the molecule is Cc1nc2ccccn2c1C(=O)N/N=C\c1ccc(N2CCOCC2)s1. The summed E-state index contributed by atoms with van der Waals surface area (Å²) in [6.07, 6.45) is 3.49. The summed E-state index contributed by atoms with van der Waals surface area (Å²) in [5.41, 5.74) is 4.51. The molecule has 26 heavy (non-hydrogen) atoms. The van der Waals surface area contributed by atoms with Gasteiger partial charge < -0.3 is 9.64 Å². The number of amides is 1. The second kappa shape index (κ2) is 7.27. The molecule has 0 bridgehead atoms. The number of ether oxygens (including phenoxy) is 1. The summed E-state index contributed by atoms with van der Waals surface area (Å²) in [5.74, 6) is -0.276. The highest BCUT2D eigenvalue weighted by Crippen LogP contribution is 2.25. The number of hydrogen-bond acceptors (Lipinski definition) is 6. The van der Waals surface area contributed by atoms with Crippen LogP contribution in [0.4, 0.5) is 5.00 Å². The molecule has 0 aliphatic carbocycles. The lowest BCUT2D eigenvalue weighted by molar-refractivity contribution is 0.0948. The van der Waals surface area contributed by atoms with Crippen molar-refractivity contribution in [3.8, 4) is 0 Å². The fraction of sp³-hybridized carbons (Fsp3) is 0.278. The number of rotatable bonds is 4. The molecule has 1 saturated heterocycles. The number of pyridine rings is 1. The smallest absolute Gasteiger partial charge is 0.290 e. The van der Waals surface area contributed by atoms with Gasteiger partial charge in [-0.1, -0.05) is 6.07 Å². The van der Waals surface area contributed by atoms with E-state index < -0.39 is 0 Å². The molecule has 0 radical (unpaired) electrons. The number of hydrazone groups is 1. The third kappa shape index (κ3) is 3.33. The fourth-order valence-corrected chi connectivity index (χ4v) is 3.89. The minimum atomic E-state index is -0.276. The molecule has 4 heterocycles. The first-order valence-electron chi connectivity index (χ1n) is 8.42. The number of carbonyl (C=O) groups is 1. The molecular formula is C18H19N5O2S. The van der Waals surface area contributed by atoms with E-state index >= 15 is 0 Å². The number of anilines is 1. The molecule has 1 fully saturated rings. The van der Waals surface area contributed by atoms with Crippen molar-refractivity contribution in [2.75, 3.05) is 31.2 Å². The first-order valence-corrected chi connectivity index (χ1v) is 9.23. The molecule has 134 valence electrons. The van der Waals surface area contributed by atoms with Crippen molar-refractivity contribution in [3.63, 3.8) is 0 Å². The van der Waals surface area contributed by atoms with Gasteiger partial charge in [-0.3, -0.25) is 9.20 Å². The van der Waals surface area contributed by atoms with Crippen LogP contribution in [-0.4, -0.2) is 47.8 Å². The zero-order valence-electron chi connectivity index (χ0n) is 14.4. The Hall–Kier alpha value is -2.71. The van der Waals surface area contributed by atoms with Gasteiger partial charge in [-0.25, -0.2) is 10.4 Å². The molecule has 3 aromatic heterocycles. The van der Waals surface area contributed by atoms with E-state index in [-0.39, 0.29) is 5.91 Å². The Morgan fingerprint density at radius 3 is 3.00 bits per heavy atom. The highest BCUT2D eigenvalue weighted by Gasteiger charge is 2.16. The largest absolute Gasteiger partial charge is 0.378 e. The van der Waals surface area contributed by atoms with Gasteiger partial charge in [-0.05, 0) is 31.2 Å². The Labute approximate surface area is 154 Å². The quantitative estimate of drug-likeness (QED) is 0.566. The van der Waals surface area contributed by atoms with E-state index in [1.54, 1.807) is 22.0 Å². The molecule has 8 heteroatoms. The van der Waals surface area contributed by atoms with E-state index in [1.165, 1.54) is 5.00 Å². The van der Waals surface area contributed by atoms with Crippen LogP contribution >= 0.6 is 11.3 Å². The van der Waals surface area contributed by atoms with E-state index in [9.17, 15) is 4.79 Å². The second-order valence-electron chi connectivity index (χ2n) is 5.95. The average molecular weight is 369 g/mol. The third-order valence-corrected chi connectivity index (χ3v) is 5.29. The van der Waals surface area contributed by atoms with Crippen molar-refractivity contribution in [1.29, 1.82) is 0 Å². The fourth-order valence-electron chi connectivity index (χ4n) is 2.96. The molecule has 1 aliphatic heterocycles. The van der Waals surface area contributed by atoms with Crippen LogP contribution in [0.1, 0.15) is 21.1 Å². The van der Waals surface area contributed by atoms with E-state index in [0.29, 0.717) is 11.4 Å². The van der Waals surface area contributed by atoms with Gasteiger partial charge in [0.05, 0.1) is 30.1 Å². The summed E-state index contributed by atoms with van der Waals surface area (Å²) >= 11 is 1.65. The van der Waals surface area contributed by atoms with Crippen molar-refractivity contribution in [3.05, 3.63) is 52.8 Å². The van der Waals surface area contributed by atoms with Crippen molar-refractivity contribution in [2.24, 2.45) is 5.10 Å². The van der Waals surface area contributed by atoms with Crippen LogP contribution < -0.4 is 10.3 Å². The van der Waals surface area contributed by atoms with Gasteiger partial charge in [0.15, 0.2) is 0 Å². The number of fused-ring (bicyclic) bond motifs is 1. The maximum Gasteiger partial charge on any atom is 0.290 e. The number of hydrogen-bond donors (Lipinski definition) is 1. The van der Waals surface area contributed by atoms with Crippen molar-refractivity contribution in [1.82, 2.24) is 14.8 Å². The predicted molar refractivity (Wildman–Crippen MR) is 102 cm³/mol. The maximum atomic E-state index is 12.5. The molecule has 1 amide bonds. The zero-order chi connectivity index (χ0) is 17.9. The highest BCUT2D eigenvalue weighted by atomic mass is 32.1. The summed E-state index contributed by atoms with van der Waals surface area (Å²) in [6, 6.07) is 9.71. The van der Waals surface area contributed by atoms with Crippen LogP contribution in [-0.2, 0) is 4.74 Å². The first-order chi connectivity index (χ1) is 12.7. The van der Waals surface area contributed by atoms with E-state index in [1.807, 2.05) is 37.4 Å². The molecule has 7 nitrogen and oxygen atoms in total. The second-order valence-corrected chi connectivity index (χ2v) is 7.04. The van der Waals surface area contributed by atoms with Gasteiger partial charge >= 0.3 is 0 Å². The van der Waals surface area contributed by atoms with Crippen LogP contribution in [0.15, 0.2) is 41.6 Å². The number of nitrogens with zero attached hydrogens (tertiary/aromatic N) is 4. The lowest BCUT2D eigenvalue weighted by Crippen LogP contribution is -2.35. The summed E-state index contributed by atoms with van der Waals surface area (Å²) in [7, 11) is 0. The van der Waals surface area contributed by atoms with Crippen LogP contribution in [0.25, 0.3) is 5.65 Å². The molecule has 3 aromatic rings. The monoisotopic (exact) mass is 369 g/mol. The Morgan fingerprint density at radius 2 is 2.15 bits per heavy atom. The Morgan fingerprint density at radius 1 is 1.31 bits per heavy atom. The number of morpholine rings is 1. The lowest BCUT2D eigenvalue weighted by Gasteiger charge is -2.27. The minimum Gasteiger partial charge on any atom is -0.378 e. The summed E-state index contributed by atoms with van der Waals surface area (Å²) < 4.78 is 7.14. The van der Waals surface area contributed by atoms with Gasteiger partial charge in [-0.2, -0.15) is 5.10 Å². The number of nitrogens with one attached hydrogen (secondary N) is 1. The summed E-state index contributed by atoms with van der Waals surface area (Å²) in [5, 5.41) is 5.30. The average Bonchev–Trinajstić information content (AvgIpc) is 3.26. The molecule has 1 aliphatic rings. The number of imidazole rings is 1. The van der Waals surface area contributed by atoms with Crippen LogP contribution in [0.3, 0.4) is 0 Å². The van der Waals surface area contributed by atoms with Crippen molar-refractivity contribution >= 4 is 34.1 Å². The van der Waals surface area contributed by atoms with Crippen molar-refractivity contribution in [2.45, 2.75) is 6.92 Å². The Kier molecular flexibility index (Phi) is 4.68. The van der Waals surface area contributed by atoms with Gasteiger partial charge in [0.25, 0.3) is 5.91 Å².